The second kappa shape index (κ2) is 5.85. The van der Waals surface area contributed by atoms with Crippen LogP contribution in [-0.4, -0.2) is 12.5 Å². The number of benzene rings is 1. The number of carbonyl (C=O) groups is 1. The van der Waals surface area contributed by atoms with Crippen molar-refractivity contribution in [2.45, 2.75) is 40.5 Å². The highest BCUT2D eigenvalue weighted by molar-refractivity contribution is 5.95. The molecule has 0 heterocycles. The van der Waals surface area contributed by atoms with E-state index in [2.05, 4.69) is 33.0 Å². The van der Waals surface area contributed by atoms with Crippen molar-refractivity contribution >= 4 is 5.91 Å². The third-order valence-electron chi connectivity index (χ3n) is 2.80. The number of carbonyl (C=O) groups excluding carboxylic acids is 1. The lowest BCUT2D eigenvalue weighted by atomic mass is 9.92. The van der Waals surface area contributed by atoms with Crippen LogP contribution in [0.15, 0.2) is 24.3 Å². The molecule has 0 aromatic heterocycles. The molecule has 0 unspecified atom stereocenters. The number of amides is 1. The Morgan fingerprint density at radius 3 is 2.47 bits per heavy atom. The zero-order valence-electron chi connectivity index (χ0n) is 11.3. The monoisotopic (exact) mass is 233 g/mol. The Bertz CT molecular complexity index is 377. The van der Waals surface area contributed by atoms with E-state index in [-0.39, 0.29) is 11.3 Å². The highest BCUT2D eigenvalue weighted by Crippen LogP contribution is 2.17. The summed E-state index contributed by atoms with van der Waals surface area (Å²) in [4.78, 5) is 12.0. The Labute approximate surface area is 104 Å². The van der Waals surface area contributed by atoms with Gasteiger partial charge >= 0.3 is 0 Å². The fourth-order valence-electron chi connectivity index (χ4n) is 1.70. The Morgan fingerprint density at radius 1 is 1.24 bits per heavy atom. The van der Waals surface area contributed by atoms with Crippen molar-refractivity contribution < 1.29 is 4.79 Å². The van der Waals surface area contributed by atoms with Crippen molar-refractivity contribution in [3.8, 4) is 0 Å². The number of aryl methyl sites for hydroxylation is 1. The highest BCUT2D eigenvalue weighted by atomic mass is 16.1. The molecule has 1 aromatic rings. The van der Waals surface area contributed by atoms with Crippen LogP contribution in [0.3, 0.4) is 0 Å². The second-order valence-electron chi connectivity index (χ2n) is 5.58. The Hall–Kier alpha value is -1.31. The van der Waals surface area contributed by atoms with Crippen LogP contribution >= 0.6 is 0 Å². The number of nitrogens with one attached hydrogen (secondary N) is 1. The summed E-state index contributed by atoms with van der Waals surface area (Å²) in [6.07, 6.45) is 1.88. The second-order valence-corrected chi connectivity index (χ2v) is 5.58. The lowest BCUT2D eigenvalue weighted by Gasteiger charge is -2.18. The van der Waals surface area contributed by atoms with Gasteiger partial charge < -0.3 is 5.32 Å². The van der Waals surface area contributed by atoms with Gasteiger partial charge in [-0.3, -0.25) is 4.79 Å². The molecule has 0 saturated heterocycles. The molecule has 1 N–H and O–H groups in total. The normalized spacial score (nSPS) is 11.3. The van der Waals surface area contributed by atoms with Gasteiger partial charge in [0.1, 0.15) is 0 Å². The van der Waals surface area contributed by atoms with Crippen LogP contribution in [-0.2, 0) is 6.42 Å². The van der Waals surface area contributed by atoms with E-state index in [0.29, 0.717) is 0 Å². The van der Waals surface area contributed by atoms with E-state index >= 15 is 0 Å². The summed E-state index contributed by atoms with van der Waals surface area (Å²) in [6, 6.07) is 7.80. The van der Waals surface area contributed by atoms with Crippen molar-refractivity contribution in [3.63, 3.8) is 0 Å². The smallest absolute Gasteiger partial charge is 0.251 e. The largest absolute Gasteiger partial charge is 0.352 e. The minimum Gasteiger partial charge on any atom is -0.352 e. The lowest BCUT2D eigenvalue weighted by molar-refractivity contribution is 0.0948. The topological polar surface area (TPSA) is 29.1 Å². The van der Waals surface area contributed by atoms with Gasteiger partial charge in [0.05, 0.1) is 0 Å². The van der Waals surface area contributed by atoms with Crippen LogP contribution in [0.2, 0.25) is 0 Å². The fourth-order valence-corrected chi connectivity index (χ4v) is 1.70. The van der Waals surface area contributed by atoms with Gasteiger partial charge in [-0.2, -0.15) is 0 Å². The molecule has 1 aromatic carbocycles. The maximum atomic E-state index is 12.0. The van der Waals surface area contributed by atoms with Crippen LogP contribution < -0.4 is 5.32 Å². The Kier molecular flexibility index (Phi) is 4.73. The van der Waals surface area contributed by atoms with E-state index in [9.17, 15) is 4.79 Å². The maximum absolute atomic E-state index is 12.0. The van der Waals surface area contributed by atoms with Crippen molar-refractivity contribution in [3.05, 3.63) is 35.4 Å². The van der Waals surface area contributed by atoms with E-state index in [1.54, 1.807) is 0 Å². The summed E-state index contributed by atoms with van der Waals surface area (Å²) in [7, 11) is 0. The third kappa shape index (κ3) is 4.59. The molecule has 17 heavy (non-hydrogen) atoms. The van der Waals surface area contributed by atoms with Crippen LogP contribution in [0.1, 0.15) is 50.0 Å². The molecule has 0 atom stereocenters. The zero-order valence-corrected chi connectivity index (χ0v) is 11.3. The van der Waals surface area contributed by atoms with E-state index < -0.39 is 0 Å². The van der Waals surface area contributed by atoms with E-state index in [4.69, 9.17) is 0 Å². The van der Waals surface area contributed by atoms with Gasteiger partial charge in [0.25, 0.3) is 5.91 Å². The first kappa shape index (κ1) is 13.8. The summed E-state index contributed by atoms with van der Waals surface area (Å²) in [5, 5.41) is 2.99. The van der Waals surface area contributed by atoms with Gasteiger partial charge in [0.15, 0.2) is 0 Å². The Morgan fingerprint density at radius 2 is 1.88 bits per heavy atom. The van der Waals surface area contributed by atoms with Crippen LogP contribution in [0, 0.1) is 5.41 Å². The van der Waals surface area contributed by atoms with E-state index in [0.717, 1.165) is 30.5 Å². The number of hydrogen-bond acceptors (Lipinski definition) is 1. The predicted molar refractivity (Wildman–Crippen MR) is 72.2 cm³/mol. The lowest BCUT2D eigenvalue weighted by Crippen LogP contribution is -2.28. The van der Waals surface area contributed by atoms with Gasteiger partial charge in [-0.15, -0.1) is 0 Å². The molecule has 0 saturated carbocycles. The first-order chi connectivity index (χ1) is 7.94. The molecular formula is C15H23NO. The molecule has 1 rings (SSSR count). The molecule has 2 heteroatoms. The minimum absolute atomic E-state index is 0.0479. The minimum atomic E-state index is 0.0479. The van der Waals surface area contributed by atoms with Gasteiger partial charge in [0, 0.05) is 12.1 Å². The highest BCUT2D eigenvalue weighted by Gasteiger charge is 2.12. The summed E-state index contributed by atoms with van der Waals surface area (Å²) >= 11 is 0. The van der Waals surface area contributed by atoms with Crippen LogP contribution in [0.5, 0.6) is 0 Å². The van der Waals surface area contributed by atoms with Gasteiger partial charge in [-0.25, -0.2) is 0 Å². The molecular weight excluding hydrogens is 210 g/mol. The molecule has 94 valence electrons. The van der Waals surface area contributed by atoms with Gasteiger partial charge in [0.2, 0.25) is 0 Å². The first-order valence-corrected chi connectivity index (χ1v) is 6.30. The molecule has 0 fully saturated rings. The maximum Gasteiger partial charge on any atom is 0.251 e. The standard InChI is InChI=1S/C15H23NO/c1-5-12-8-6-7-9-13(12)14(17)16-11-10-15(2,3)4/h6-9H,5,10-11H2,1-4H3,(H,16,17). The molecule has 0 aliphatic carbocycles. The number of rotatable bonds is 4. The molecule has 0 bridgehead atoms. The Balaban J connectivity index is 2.58. The van der Waals surface area contributed by atoms with E-state index in [1.807, 2.05) is 24.3 Å². The average molecular weight is 233 g/mol. The molecule has 0 spiro atoms. The fraction of sp³-hybridized carbons (Fsp3) is 0.533. The van der Waals surface area contributed by atoms with Crippen LogP contribution in [0.25, 0.3) is 0 Å². The summed E-state index contributed by atoms with van der Waals surface area (Å²) in [5.74, 6) is 0.0479. The van der Waals surface area contributed by atoms with Crippen molar-refractivity contribution in [2.75, 3.05) is 6.54 Å². The summed E-state index contributed by atoms with van der Waals surface area (Å²) < 4.78 is 0. The van der Waals surface area contributed by atoms with Crippen molar-refractivity contribution in [2.24, 2.45) is 5.41 Å². The van der Waals surface area contributed by atoms with Gasteiger partial charge in [-0.1, -0.05) is 45.9 Å². The van der Waals surface area contributed by atoms with Gasteiger partial charge in [-0.05, 0) is 29.9 Å². The molecule has 0 aliphatic heterocycles. The molecule has 2 nitrogen and oxygen atoms in total. The SMILES string of the molecule is CCc1ccccc1C(=O)NCCC(C)(C)C. The summed E-state index contributed by atoms with van der Waals surface area (Å²) in [6.45, 7) is 9.35. The van der Waals surface area contributed by atoms with Crippen molar-refractivity contribution in [1.29, 1.82) is 0 Å². The average Bonchev–Trinajstić information content (AvgIpc) is 2.27. The quantitative estimate of drug-likeness (QED) is 0.848. The van der Waals surface area contributed by atoms with Crippen molar-refractivity contribution in [1.82, 2.24) is 5.32 Å². The zero-order chi connectivity index (χ0) is 12.9. The molecule has 0 radical (unpaired) electrons. The molecule has 0 aliphatic rings. The predicted octanol–water partition coefficient (Wildman–Crippen LogP) is 3.42. The van der Waals surface area contributed by atoms with Crippen LogP contribution in [0.4, 0.5) is 0 Å². The first-order valence-electron chi connectivity index (χ1n) is 6.30. The van der Waals surface area contributed by atoms with E-state index in [1.165, 1.54) is 0 Å². The third-order valence-corrected chi connectivity index (χ3v) is 2.80. The number of hydrogen-bond donors (Lipinski definition) is 1. The summed E-state index contributed by atoms with van der Waals surface area (Å²) in [5.41, 5.74) is 2.18. The molecule has 1 amide bonds.